The molecule has 2 nitrogen and oxygen atoms in total. The average Bonchev–Trinajstić information content (AvgIpc) is 2.44. The summed E-state index contributed by atoms with van der Waals surface area (Å²) in [6.07, 6.45) is 0.356. The van der Waals surface area contributed by atoms with Gasteiger partial charge in [-0.05, 0) is 52.7 Å². The van der Waals surface area contributed by atoms with Crippen molar-refractivity contribution in [1.82, 2.24) is 0 Å². The summed E-state index contributed by atoms with van der Waals surface area (Å²) in [5, 5.41) is 0. The lowest BCUT2D eigenvalue weighted by Crippen LogP contribution is -2.03. The van der Waals surface area contributed by atoms with Crippen LogP contribution in [0.2, 0.25) is 0 Å². The molecule has 0 radical (unpaired) electrons. The van der Waals surface area contributed by atoms with Crippen molar-refractivity contribution in [2.24, 2.45) is 0 Å². The molecule has 0 N–H and O–H groups in total. The zero-order valence-corrected chi connectivity index (χ0v) is 12.9. The standard InChI is InChI=1S/C16H13BrF2O2/c1-10(20)8-11-2-4-12(5-3-11)21-9-13-15(18)7-6-14(17)16(13)19/h2-7H,8-9H2,1H3. The predicted octanol–water partition coefficient (Wildman–Crippen LogP) is 4.44. The predicted molar refractivity (Wildman–Crippen MR) is 79.2 cm³/mol. The number of hydrogen-bond donors (Lipinski definition) is 0. The highest BCUT2D eigenvalue weighted by atomic mass is 79.9. The summed E-state index contributed by atoms with van der Waals surface area (Å²) < 4.78 is 32.9. The molecule has 0 heterocycles. The van der Waals surface area contributed by atoms with Crippen LogP contribution in [0.5, 0.6) is 5.75 Å². The van der Waals surface area contributed by atoms with E-state index in [-0.39, 0.29) is 22.4 Å². The summed E-state index contributed by atoms with van der Waals surface area (Å²) >= 11 is 3.01. The van der Waals surface area contributed by atoms with Crippen molar-refractivity contribution >= 4 is 21.7 Å². The van der Waals surface area contributed by atoms with Crippen molar-refractivity contribution in [2.45, 2.75) is 20.0 Å². The van der Waals surface area contributed by atoms with Gasteiger partial charge in [-0.2, -0.15) is 0 Å². The van der Waals surface area contributed by atoms with E-state index in [1.165, 1.54) is 19.1 Å². The molecule has 2 aromatic rings. The first-order chi connectivity index (χ1) is 9.97. The SMILES string of the molecule is CC(=O)Cc1ccc(OCc2c(F)ccc(Br)c2F)cc1. The van der Waals surface area contributed by atoms with E-state index < -0.39 is 11.6 Å². The first kappa shape index (κ1) is 15.6. The molecule has 0 saturated carbocycles. The van der Waals surface area contributed by atoms with Crippen LogP contribution in [0.25, 0.3) is 0 Å². The van der Waals surface area contributed by atoms with Gasteiger partial charge in [0, 0.05) is 6.42 Å². The van der Waals surface area contributed by atoms with Gasteiger partial charge in [-0.15, -0.1) is 0 Å². The van der Waals surface area contributed by atoms with Crippen LogP contribution in [0, 0.1) is 11.6 Å². The van der Waals surface area contributed by atoms with Crippen LogP contribution in [0.15, 0.2) is 40.9 Å². The van der Waals surface area contributed by atoms with Gasteiger partial charge in [-0.25, -0.2) is 8.78 Å². The average molecular weight is 355 g/mol. The first-order valence-electron chi connectivity index (χ1n) is 6.31. The monoisotopic (exact) mass is 354 g/mol. The van der Waals surface area contributed by atoms with Gasteiger partial charge in [0.25, 0.3) is 0 Å². The van der Waals surface area contributed by atoms with Crippen molar-refractivity contribution in [2.75, 3.05) is 0 Å². The topological polar surface area (TPSA) is 26.3 Å². The Morgan fingerprint density at radius 2 is 1.81 bits per heavy atom. The fourth-order valence-corrected chi connectivity index (χ4v) is 2.22. The summed E-state index contributed by atoms with van der Waals surface area (Å²) in [6, 6.07) is 9.35. The van der Waals surface area contributed by atoms with Crippen molar-refractivity contribution in [3.05, 3.63) is 63.6 Å². The van der Waals surface area contributed by atoms with Crippen LogP contribution in [0.1, 0.15) is 18.1 Å². The van der Waals surface area contributed by atoms with Crippen LogP contribution in [0.3, 0.4) is 0 Å². The summed E-state index contributed by atoms with van der Waals surface area (Å²) in [5.74, 6) is -0.755. The van der Waals surface area contributed by atoms with E-state index in [4.69, 9.17) is 4.74 Å². The molecule has 0 spiro atoms. The van der Waals surface area contributed by atoms with E-state index in [1.807, 2.05) is 0 Å². The van der Waals surface area contributed by atoms with Gasteiger partial charge in [-0.1, -0.05) is 12.1 Å². The van der Waals surface area contributed by atoms with Gasteiger partial charge in [0.15, 0.2) is 0 Å². The van der Waals surface area contributed by atoms with Gasteiger partial charge in [0.1, 0.15) is 29.8 Å². The van der Waals surface area contributed by atoms with Crippen LogP contribution in [-0.2, 0) is 17.8 Å². The lowest BCUT2D eigenvalue weighted by atomic mass is 10.1. The van der Waals surface area contributed by atoms with Crippen LogP contribution < -0.4 is 4.74 Å². The third kappa shape index (κ3) is 4.11. The molecule has 110 valence electrons. The highest BCUT2D eigenvalue weighted by Crippen LogP contribution is 2.23. The molecule has 2 aromatic carbocycles. The molecule has 0 saturated heterocycles. The Labute approximate surface area is 129 Å². The normalized spacial score (nSPS) is 10.5. The molecule has 0 bridgehead atoms. The number of carbonyl (C=O) groups is 1. The minimum atomic E-state index is -0.664. The Balaban J connectivity index is 2.07. The second kappa shape index (κ2) is 6.80. The number of carbonyl (C=O) groups excluding carboxylic acids is 1. The molecule has 5 heteroatoms. The molecule has 0 unspecified atom stereocenters. The van der Waals surface area contributed by atoms with Gasteiger partial charge < -0.3 is 4.74 Å². The van der Waals surface area contributed by atoms with Crippen molar-refractivity contribution < 1.29 is 18.3 Å². The van der Waals surface area contributed by atoms with E-state index in [1.54, 1.807) is 24.3 Å². The fraction of sp³-hybridized carbons (Fsp3) is 0.188. The molecular formula is C16H13BrF2O2. The quantitative estimate of drug-likeness (QED) is 0.742. The zero-order valence-electron chi connectivity index (χ0n) is 11.3. The minimum Gasteiger partial charge on any atom is -0.489 e. The summed E-state index contributed by atoms with van der Waals surface area (Å²) in [7, 11) is 0. The molecule has 0 fully saturated rings. The van der Waals surface area contributed by atoms with E-state index in [0.29, 0.717) is 12.2 Å². The maximum atomic E-state index is 13.8. The number of ether oxygens (including phenoxy) is 1. The van der Waals surface area contributed by atoms with Crippen LogP contribution in [-0.4, -0.2) is 5.78 Å². The highest BCUT2D eigenvalue weighted by Gasteiger charge is 2.13. The van der Waals surface area contributed by atoms with Crippen LogP contribution in [0.4, 0.5) is 8.78 Å². The first-order valence-corrected chi connectivity index (χ1v) is 7.10. The lowest BCUT2D eigenvalue weighted by molar-refractivity contribution is -0.116. The molecule has 0 atom stereocenters. The highest BCUT2D eigenvalue weighted by molar-refractivity contribution is 9.10. The Morgan fingerprint density at radius 3 is 2.43 bits per heavy atom. The maximum Gasteiger partial charge on any atom is 0.146 e. The molecule has 0 aromatic heterocycles. The number of Topliss-reactive ketones (excluding diaryl/α,β-unsaturated/α-hetero) is 1. The minimum absolute atomic E-state index is 0.0712. The maximum absolute atomic E-state index is 13.8. The van der Waals surface area contributed by atoms with Crippen molar-refractivity contribution in [1.29, 1.82) is 0 Å². The smallest absolute Gasteiger partial charge is 0.146 e. The Morgan fingerprint density at radius 1 is 1.14 bits per heavy atom. The molecule has 0 aliphatic carbocycles. The second-order valence-corrected chi connectivity index (χ2v) is 5.49. The molecular weight excluding hydrogens is 342 g/mol. The molecule has 0 aliphatic rings. The van der Waals surface area contributed by atoms with E-state index in [9.17, 15) is 13.6 Å². The third-order valence-electron chi connectivity index (χ3n) is 2.90. The summed E-state index contributed by atoms with van der Waals surface area (Å²) in [4.78, 5) is 11.0. The van der Waals surface area contributed by atoms with Gasteiger partial charge in [-0.3, -0.25) is 4.79 Å². The van der Waals surface area contributed by atoms with Gasteiger partial charge in [0.05, 0.1) is 10.0 Å². The largest absolute Gasteiger partial charge is 0.489 e. The van der Waals surface area contributed by atoms with Crippen molar-refractivity contribution in [3.63, 3.8) is 0 Å². The molecule has 2 rings (SSSR count). The van der Waals surface area contributed by atoms with Gasteiger partial charge in [0.2, 0.25) is 0 Å². The molecule has 0 amide bonds. The van der Waals surface area contributed by atoms with Gasteiger partial charge >= 0.3 is 0 Å². The van der Waals surface area contributed by atoms with E-state index >= 15 is 0 Å². The number of hydrogen-bond acceptors (Lipinski definition) is 2. The Hall–Kier alpha value is -1.75. The molecule has 21 heavy (non-hydrogen) atoms. The number of benzene rings is 2. The van der Waals surface area contributed by atoms with E-state index in [2.05, 4.69) is 15.9 Å². The lowest BCUT2D eigenvalue weighted by Gasteiger charge is -2.09. The van der Waals surface area contributed by atoms with Crippen molar-refractivity contribution in [3.8, 4) is 5.75 Å². The van der Waals surface area contributed by atoms with Crippen LogP contribution >= 0.6 is 15.9 Å². The third-order valence-corrected chi connectivity index (χ3v) is 3.51. The second-order valence-electron chi connectivity index (χ2n) is 4.63. The number of rotatable bonds is 5. The summed E-state index contributed by atoms with van der Waals surface area (Å²) in [6.45, 7) is 1.31. The summed E-state index contributed by atoms with van der Waals surface area (Å²) in [5.41, 5.74) is 0.742. The molecule has 0 aliphatic heterocycles. The van der Waals surface area contributed by atoms with E-state index in [0.717, 1.165) is 5.56 Å². The number of ketones is 1. The Kier molecular flexibility index (Phi) is 5.07. The fourth-order valence-electron chi connectivity index (χ4n) is 1.85. The number of halogens is 3. The Bertz CT molecular complexity index is 654. The zero-order chi connectivity index (χ0) is 15.4.